The molecule has 0 bridgehead atoms. The summed E-state index contributed by atoms with van der Waals surface area (Å²) in [4.78, 5) is 24.0. The van der Waals surface area contributed by atoms with Gasteiger partial charge >= 0.3 is 5.97 Å². The van der Waals surface area contributed by atoms with Crippen molar-refractivity contribution in [1.29, 1.82) is 0 Å². The number of unbranched alkanes of at least 4 members (excludes halogenated alkanes) is 1. The molecule has 0 fully saturated rings. The van der Waals surface area contributed by atoms with E-state index in [1.807, 2.05) is 6.20 Å². The number of hydrogen-bond acceptors (Lipinski definition) is 6. The third-order valence-electron chi connectivity index (χ3n) is 5.74. The Morgan fingerprint density at radius 3 is 2.21 bits per heavy atom. The van der Waals surface area contributed by atoms with E-state index in [2.05, 4.69) is 63.2 Å². The molecular weight excluding hydrogens is 414 g/mol. The lowest BCUT2D eigenvalue weighted by molar-refractivity contribution is -0.141. The molecule has 1 aromatic carbocycles. The van der Waals surface area contributed by atoms with Crippen LogP contribution in [-0.2, 0) is 29.2 Å². The monoisotopic (exact) mass is 457 g/mol. The second-order valence-corrected chi connectivity index (χ2v) is 8.61. The molecule has 0 amide bonds. The van der Waals surface area contributed by atoms with Gasteiger partial charge in [-0.1, -0.05) is 38.1 Å². The smallest absolute Gasteiger partial charge is 0.306 e. The molecule has 0 aliphatic heterocycles. The molecule has 2 N–H and O–H groups in total. The maximum absolute atomic E-state index is 11.7. The van der Waals surface area contributed by atoms with Crippen LogP contribution in [0.4, 0.5) is 0 Å². The number of nitrogens with one attached hydrogen (secondary N) is 2. The third-order valence-corrected chi connectivity index (χ3v) is 5.74. The summed E-state index contributed by atoms with van der Waals surface area (Å²) in [7, 11) is 1.46. The predicted molar refractivity (Wildman–Crippen MR) is 134 cm³/mol. The highest BCUT2D eigenvalue weighted by atomic mass is 16.5. The zero-order valence-corrected chi connectivity index (χ0v) is 20.8. The standard InChI is InChI=1S/C26H43N5O2/c1-4-15-30(16-5-2)17-6-7-18-31(19-12-26(32)33-3)22-24-10-8-23(9-11-24)20-27-21-25-28-13-14-29-25/h8-11,13-14,27H,4-7,12,15-22H2,1-3H3,(H,28,29). The minimum absolute atomic E-state index is 0.143. The topological polar surface area (TPSA) is 73.5 Å². The summed E-state index contributed by atoms with van der Waals surface area (Å²) in [5.74, 6) is 0.801. The Kier molecular flexibility index (Phi) is 13.4. The maximum atomic E-state index is 11.7. The largest absolute Gasteiger partial charge is 0.469 e. The summed E-state index contributed by atoms with van der Waals surface area (Å²) in [6.45, 7) is 12.1. The quantitative estimate of drug-likeness (QED) is 0.261. The molecule has 1 heterocycles. The number of carbonyl (C=O) groups excluding carboxylic acids is 1. The van der Waals surface area contributed by atoms with Gasteiger partial charge in [0.1, 0.15) is 5.82 Å². The molecule has 0 unspecified atom stereocenters. The molecule has 0 spiro atoms. The van der Waals surface area contributed by atoms with Gasteiger partial charge in [0.2, 0.25) is 0 Å². The Morgan fingerprint density at radius 2 is 1.61 bits per heavy atom. The van der Waals surface area contributed by atoms with Crippen molar-refractivity contribution in [3.63, 3.8) is 0 Å². The number of H-pyrrole nitrogens is 1. The van der Waals surface area contributed by atoms with E-state index in [0.717, 1.165) is 51.5 Å². The Labute approximate surface area is 199 Å². The van der Waals surface area contributed by atoms with Gasteiger partial charge < -0.3 is 19.9 Å². The molecule has 0 saturated carbocycles. The van der Waals surface area contributed by atoms with Gasteiger partial charge in [0.15, 0.2) is 0 Å². The van der Waals surface area contributed by atoms with Gasteiger partial charge in [-0.15, -0.1) is 0 Å². The number of aromatic nitrogens is 2. The number of methoxy groups -OCH3 is 1. The van der Waals surface area contributed by atoms with E-state index in [0.29, 0.717) is 6.42 Å². The molecule has 184 valence electrons. The molecule has 0 atom stereocenters. The fourth-order valence-corrected chi connectivity index (χ4v) is 4.00. The van der Waals surface area contributed by atoms with Crippen molar-refractivity contribution >= 4 is 5.97 Å². The number of rotatable bonds is 18. The number of aromatic amines is 1. The first kappa shape index (κ1) is 27.0. The van der Waals surface area contributed by atoms with E-state index in [9.17, 15) is 4.79 Å². The lowest BCUT2D eigenvalue weighted by atomic mass is 10.1. The summed E-state index contributed by atoms with van der Waals surface area (Å²) < 4.78 is 4.86. The number of esters is 1. The fourth-order valence-electron chi connectivity index (χ4n) is 4.00. The van der Waals surface area contributed by atoms with Gasteiger partial charge in [0.25, 0.3) is 0 Å². The average Bonchev–Trinajstić information content (AvgIpc) is 3.34. The van der Waals surface area contributed by atoms with Crippen molar-refractivity contribution in [1.82, 2.24) is 25.1 Å². The van der Waals surface area contributed by atoms with E-state index in [-0.39, 0.29) is 5.97 Å². The van der Waals surface area contributed by atoms with Crippen molar-refractivity contribution in [3.8, 4) is 0 Å². The summed E-state index contributed by atoms with van der Waals surface area (Å²) >= 11 is 0. The Morgan fingerprint density at radius 1 is 0.939 bits per heavy atom. The number of benzene rings is 1. The summed E-state index contributed by atoms with van der Waals surface area (Å²) in [6, 6.07) is 8.74. The third kappa shape index (κ3) is 11.5. The van der Waals surface area contributed by atoms with Crippen molar-refractivity contribution in [3.05, 3.63) is 53.6 Å². The van der Waals surface area contributed by atoms with Crippen LogP contribution in [0.3, 0.4) is 0 Å². The average molecular weight is 458 g/mol. The summed E-state index contributed by atoms with van der Waals surface area (Å²) in [5.41, 5.74) is 2.52. The molecule has 7 nitrogen and oxygen atoms in total. The van der Waals surface area contributed by atoms with E-state index < -0.39 is 0 Å². The lowest BCUT2D eigenvalue weighted by Gasteiger charge is -2.24. The van der Waals surface area contributed by atoms with Gasteiger partial charge in [-0.05, 0) is 63.0 Å². The van der Waals surface area contributed by atoms with Gasteiger partial charge in [-0.3, -0.25) is 9.69 Å². The minimum atomic E-state index is -0.143. The second-order valence-electron chi connectivity index (χ2n) is 8.61. The summed E-state index contributed by atoms with van der Waals surface area (Å²) in [6.07, 6.45) is 8.78. The minimum Gasteiger partial charge on any atom is -0.469 e. The highest BCUT2D eigenvalue weighted by Gasteiger charge is 2.10. The number of hydrogen-bond donors (Lipinski definition) is 2. The molecular formula is C26H43N5O2. The first-order valence-electron chi connectivity index (χ1n) is 12.4. The molecule has 7 heteroatoms. The van der Waals surface area contributed by atoms with Crippen LogP contribution >= 0.6 is 0 Å². The molecule has 2 aromatic rings. The van der Waals surface area contributed by atoms with Crippen molar-refractivity contribution in [2.75, 3.05) is 39.8 Å². The van der Waals surface area contributed by atoms with Crippen LogP contribution in [0.25, 0.3) is 0 Å². The molecule has 0 aliphatic rings. The zero-order valence-electron chi connectivity index (χ0n) is 20.8. The molecule has 0 radical (unpaired) electrons. The van der Waals surface area contributed by atoms with E-state index >= 15 is 0 Å². The van der Waals surface area contributed by atoms with Crippen molar-refractivity contribution < 1.29 is 9.53 Å². The predicted octanol–water partition coefficient (Wildman–Crippen LogP) is 3.97. The molecule has 33 heavy (non-hydrogen) atoms. The Balaban J connectivity index is 1.80. The van der Waals surface area contributed by atoms with Gasteiger partial charge in [-0.25, -0.2) is 4.98 Å². The second kappa shape index (κ2) is 16.4. The molecule has 0 saturated heterocycles. The fraction of sp³-hybridized carbons (Fsp3) is 0.615. The number of imidazole rings is 1. The highest BCUT2D eigenvalue weighted by molar-refractivity contribution is 5.69. The number of ether oxygens (including phenoxy) is 1. The van der Waals surface area contributed by atoms with Crippen LogP contribution in [0.1, 0.15) is 62.9 Å². The molecule has 1 aromatic heterocycles. The van der Waals surface area contributed by atoms with Crippen LogP contribution in [0, 0.1) is 0 Å². The molecule has 2 rings (SSSR count). The zero-order chi connectivity index (χ0) is 23.7. The Hall–Kier alpha value is -2.22. The van der Waals surface area contributed by atoms with Crippen LogP contribution in [0.2, 0.25) is 0 Å². The van der Waals surface area contributed by atoms with E-state index in [1.54, 1.807) is 6.20 Å². The number of nitrogens with zero attached hydrogens (tertiary/aromatic N) is 3. The summed E-state index contributed by atoms with van der Waals surface area (Å²) in [5, 5.41) is 3.41. The van der Waals surface area contributed by atoms with E-state index in [1.165, 1.54) is 50.6 Å². The maximum Gasteiger partial charge on any atom is 0.306 e. The van der Waals surface area contributed by atoms with Gasteiger partial charge in [0, 0.05) is 32.0 Å². The van der Waals surface area contributed by atoms with Gasteiger partial charge in [-0.2, -0.15) is 0 Å². The van der Waals surface area contributed by atoms with Crippen LogP contribution in [-0.4, -0.2) is 65.6 Å². The van der Waals surface area contributed by atoms with Crippen molar-refractivity contribution in [2.45, 2.75) is 65.6 Å². The first-order chi connectivity index (χ1) is 16.1. The normalized spacial score (nSPS) is 11.4. The van der Waals surface area contributed by atoms with E-state index in [4.69, 9.17) is 4.74 Å². The van der Waals surface area contributed by atoms with Crippen molar-refractivity contribution in [2.24, 2.45) is 0 Å². The first-order valence-corrected chi connectivity index (χ1v) is 12.4. The van der Waals surface area contributed by atoms with Gasteiger partial charge in [0.05, 0.1) is 20.1 Å². The van der Waals surface area contributed by atoms with Crippen LogP contribution in [0.5, 0.6) is 0 Å². The number of carbonyl (C=O) groups is 1. The lowest BCUT2D eigenvalue weighted by Crippen LogP contribution is -2.29. The van der Waals surface area contributed by atoms with Crippen LogP contribution < -0.4 is 5.32 Å². The SMILES string of the molecule is CCCN(CCC)CCCCN(CCC(=O)OC)Cc1ccc(CNCc2ncc[nH]2)cc1. The van der Waals surface area contributed by atoms with Crippen LogP contribution in [0.15, 0.2) is 36.7 Å². The highest BCUT2D eigenvalue weighted by Crippen LogP contribution is 2.10. The Bertz CT molecular complexity index is 743. The molecule has 0 aliphatic carbocycles.